The van der Waals surface area contributed by atoms with Gasteiger partial charge in [-0.05, 0) is 70.0 Å². The van der Waals surface area contributed by atoms with Gasteiger partial charge in [0.2, 0.25) is 0 Å². The van der Waals surface area contributed by atoms with Gasteiger partial charge in [-0.2, -0.15) is 0 Å². The Kier molecular flexibility index (Phi) is 6.91. The Hall–Kier alpha value is -2.97. The summed E-state index contributed by atoms with van der Waals surface area (Å²) in [4.78, 5) is 34.9. The van der Waals surface area contributed by atoms with Crippen molar-refractivity contribution < 1.29 is 14.7 Å². The second kappa shape index (κ2) is 9.72. The fourth-order valence-electron chi connectivity index (χ4n) is 3.99. The number of hydrogen-bond donors (Lipinski definition) is 3. The van der Waals surface area contributed by atoms with Gasteiger partial charge in [-0.1, -0.05) is 6.07 Å². The van der Waals surface area contributed by atoms with Crippen LogP contribution in [0.5, 0.6) is 0 Å². The average Bonchev–Trinajstić information content (AvgIpc) is 3.63. The average molecular weight is 466 g/mol. The van der Waals surface area contributed by atoms with Gasteiger partial charge < -0.3 is 25.5 Å². The highest BCUT2D eigenvalue weighted by Crippen LogP contribution is 2.30. The predicted octanol–water partition coefficient (Wildman–Crippen LogP) is 2.52. The van der Waals surface area contributed by atoms with E-state index in [-0.39, 0.29) is 24.5 Å². The number of carbonyl (C=O) groups excluding carboxylic acids is 2. The van der Waals surface area contributed by atoms with Crippen molar-refractivity contribution >= 4 is 17.6 Å². The molecule has 8 nitrogen and oxygen atoms in total. The van der Waals surface area contributed by atoms with Crippen molar-refractivity contribution in [3.05, 3.63) is 47.2 Å². The number of nitrogens with zero attached hydrogens (tertiary/aromatic N) is 3. The van der Waals surface area contributed by atoms with Crippen molar-refractivity contribution in [3.63, 3.8) is 0 Å². The second-order valence-electron chi connectivity index (χ2n) is 10.2. The van der Waals surface area contributed by atoms with Crippen LogP contribution >= 0.6 is 0 Å². The number of aliphatic hydroxyl groups is 1. The number of carbonyl (C=O) groups is 2. The summed E-state index contributed by atoms with van der Waals surface area (Å²) in [7, 11) is 2.05. The molecule has 0 spiro atoms. The van der Waals surface area contributed by atoms with Crippen molar-refractivity contribution in [2.24, 2.45) is 0 Å². The van der Waals surface area contributed by atoms with Gasteiger partial charge in [0.25, 0.3) is 11.8 Å². The minimum atomic E-state index is -0.637. The van der Waals surface area contributed by atoms with Crippen LogP contribution in [0.1, 0.15) is 53.0 Å². The summed E-state index contributed by atoms with van der Waals surface area (Å²) in [6.45, 7) is 8.55. The highest BCUT2D eigenvalue weighted by molar-refractivity contribution is 6.01. The van der Waals surface area contributed by atoms with E-state index in [0.29, 0.717) is 30.0 Å². The van der Waals surface area contributed by atoms with Gasteiger partial charge in [0.1, 0.15) is 5.82 Å². The van der Waals surface area contributed by atoms with Crippen LogP contribution in [0.4, 0.5) is 5.82 Å². The molecule has 8 heteroatoms. The van der Waals surface area contributed by atoms with Crippen LogP contribution in [0.3, 0.4) is 0 Å². The van der Waals surface area contributed by atoms with Crippen molar-refractivity contribution in [2.45, 2.75) is 45.2 Å². The van der Waals surface area contributed by atoms with E-state index in [1.165, 1.54) is 0 Å². The van der Waals surface area contributed by atoms with Gasteiger partial charge in [-0.3, -0.25) is 9.59 Å². The van der Waals surface area contributed by atoms with Crippen LogP contribution in [0.25, 0.3) is 11.1 Å². The lowest BCUT2D eigenvalue weighted by Crippen LogP contribution is -2.47. The number of aromatic nitrogens is 1. The van der Waals surface area contributed by atoms with Gasteiger partial charge in [-0.25, -0.2) is 4.98 Å². The number of anilines is 1. The van der Waals surface area contributed by atoms with E-state index in [2.05, 4.69) is 27.6 Å². The van der Waals surface area contributed by atoms with Gasteiger partial charge >= 0.3 is 0 Å². The van der Waals surface area contributed by atoms with E-state index < -0.39 is 5.54 Å². The number of aliphatic hydroxyl groups excluding tert-OH is 1. The van der Waals surface area contributed by atoms with E-state index in [4.69, 9.17) is 0 Å². The number of rotatable bonds is 7. The third-order valence-corrected chi connectivity index (χ3v) is 6.48. The van der Waals surface area contributed by atoms with Crippen LogP contribution in [0, 0.1) is 6.92 Å². The molecule has 0 atom stereocenters. The van der Waals surface area contributed by atoms with Crippen molar-refractivity contribution in [3.8, 4) is 11.1 Å². The molecule has 0 unspecified atom stereocenters. The molecule has 1 saturated carbocycles. The lowest BCUT2D eigenvalue weighted by atomic mass is 9.97. The van der Waals surface area contributed by atoms with E-state index in [0.717, 1.165) is 42.6 Å². The topological polar surface area (TPSA) is 97.8 Å². The Morgan fingerprint density at radius 2 is 1.85 bits per heavy atom. The third-order valence-electron chi connectivity index (χ3n) is 6.48. The number of nitrogens with one attached hydrogen (secondary N) is 2. The minimum Gasteiger partial charge on any atom is -0.394 e. The molecule has 1 saturated heterocycles. The Balaban J connectivity index is 1.70. The normalized spacial score (nSPS) is 16.9. The van der Waals surface area contributed by atoms with Gasteiger partial charge in [-0.15, -0.1) is 0 Å². The fourth-order valence-corrected chi connectivity index (χ4v) is 3.99. The Labute approximate surface area is 201 Å². The maximum absolute atomic E-state index is 13.6. The first-order valence-corrected chi connectivity index (χ1v) is 12.0. The number of amides is 2. The molecule has 1 aliphatic heterocycles. The van der Waals surface area contributed by atoms with E-state index in [9.17, 15) is 14.7 Å². The molecular formula is C26H35N5O3. The molecule has 0 bridgehead atoms. The van der Waals surface area contributed by atoms with E-state index >= 15 is 0 Å². The van der Waals surface area contributed by atoms with Crippen molar-refractivity contribution in [1.82, 2.24) is 20.1 Å². The fraction of sp³-hybridized carbons (Fsp3) is 0.500. The Bertz CT molecular complexity index is 1070. The molecule has 1 aliphatic carbocycles. The molecule has 3 N–H and O–H groups in total. The summed E-state index contributed by atoms with van der Waals surface area (Å²) in [6.07, 6.45) is 3.79. The summed E-state index contributed by atoms with van der Waals surface area (Å²) in [5.74, 6) is 0.291. The first kappa shape index (κ1) is 24.2. The smallest absolute Gasteiger partial charge is 0.257 e. The molecule has 2 fully saturated rings. The highest BCUT2D eigenvalue weighted by atomic mass is 16.3. The third kappa shape index (κ3) is 5.56. The number of pyridine rings is 1. The molecule has 2 heterocycles. The van der Waals surface area contributed by atoms with Gasteiger partial charge in [0.05, 0.1) is 17.7 Å². The van der Waals surface area contributed by atoms with Crippen molar-refractivity contribution in [2.75, 3.05) is 45.2 Å². The van der Waals surface area contributed by atoms with E-state index in [1.54, 1.807) is 6.20 Å². The first-order valence-electron chi connectivity index (χ1n) is 12.0. The van der Waals surface area contributed by atoms with Crippen LogP contribution in [-0.2, 0) is 0 Å². The standard InChI is InChI=1S/C26H35N5O3/c1-17-5-6-18(24(33)28-20-7-8-20)13-21(17)19-14-22(23(27-15-19)29-26(2,3)16-32)25(34)31-11-9-30(4)10-12-31/h5-6,13-15,20,32H,7-12,16H2,1-4H3,(H,27,29)(H,28,33). The number of aryl methyl sites for hydroxylation is 1. The quantitative estimate of drug-likeness (QED) is 0.581. The Morgan fingerprint density at radius 1 is 1.15 bits per heavy atom. The maximum Gasteiger partial charge on any atom is 0.257 e. The molecule has 2 aliphatic rings. The number of piperazine rings is 1. The summed E-state index contributed by atoms with van der Waals surface area (Å²) in [5, 5.41) is 16.0. The zero-order chi connectivity index (χ0) is 24.5. The summed E-state index contributed by atoms with van der Waals surface area (Å²) < 4.78 is 0. The SMILES string of the molecule is Cc1ccc(C(=O)NC2CC2)cc1-c1cnc(NC(C)(C)CO)c(C(=O)N2CCN(C)CC2)c1. The summed E-state index contributed by atoms with van der Waals surface area (Å²) in [5.41, 5.74) is 3.08. The van der Waals surface area contributed by atoms with Crippen molar-refractivity contribution in [1.29, 1.82) is 0 Å². The predicted molar refractivity (Wildman–Crippen MR) is 133 cm³/mol. The molecule has 34 heavy (non-hydrogen) atoms. The zero-order valence-electron chi connectivity index (χ0n) is 20.5. The second-order valence-corrected chi connectivity index (χ2v) is 10.2. The Morgan fingerprint density at radius 3 is 2.50 bits per heavy atom. The number of benzene rings is 1. The first-order chi connectivity index (χ1) is 16.2. The van der Waals surface area contributed by atoms with Crippen LogP contribution < -0.4 is 10.6 Å². The molecule has 1 aromatic heterocycles. The molecule has 1 aromatic carbocycles. The molecule has 2 amide bonds. The molecule has 182 valence electrons. The zero-order valence-corrected chi connectivity index (χ0v) is 20.5. The maximum atomic E-state index is 13.6. The van der Waals surface area contributed by atoms with Gasteiger partial charge in [0.15, 0.2) is 0 Å². The lowest BCUT2D eigenvalue weighted by molar-refractivity contribution is 0.0664. The van der Waals surface area contributed by atoms with Crippen LogP contribution in [0.15, 0.2) is 30.5 Å². The molecule has 4 rings (SSSR count). The number of hydrogen-bond acceptors (Lipinski definition) is 6. The molecule has 0 radical (unpaired) electrons. The summed E-state index contributed by atoms with van der Waals surface area (Å²) in [6, 6.07) is 7.78. The van der Waals surface area contributed by atoms with Gasteiger partial charge in [0, 0.05) is 49.5 Å². The van der Waals surface area contributed by atoms with E-state index in [1.807, 2.05) is 49.9 Å². The lowest BCUT2D eigenvalue weighted by Gasteiger charge is -2.33. The monoisotopic (exact) mass is 465 g/mol. The highest BCUT2D eigenvalue weighted by Gasteiger charge is 2.27. The van der Waals surface area contributed by atoms with Crippen LogP contribution in [-0.4, -0.2) is 83.1 Å². The minimum absolute atomic E-state index is 0.0755. The summed E-state index contributed by atoms with van der Waals surface area (Å²) >= 11 is 0. The largest absolute Gasteiger partial charge is 0.394 e. The molecule has 2 aromatic rings. The number of likely N-dealkylation sites (N-methyl/N-ethyl adjacent to an activating group) is 1. The van der Waals surface area contributed by atoms with Crippen LogP contribution in [0.2, 0.25) is 0 Å². The molecular weight excluding hydrogens is 430 g/mol.